The van der Waals surface area contributed by atoms with Crippen molar-refractivity contribution in [3.8, 4) is 0 Å². The molecule has 0 heterocycles. The first-order valence-corrected chi connectivity index (χ1v) is 7.36. The molecule has 1 amide bonds. The summed E-state index contributed by atoms with van der Waals surface area (Å²) in [4.78, 5) is 23.5. The molecule has 5 nitrogen and oxygen atoms in total. The van der Waals surface area contributed by atoms with Crippen LogP contribution < -0.4 is 11.1 Å². The molecule has 0 aromatic heterocycles. The van der Waals surface area contributed by atoms with Crippen molar-refractivity contribution in [2.75, 3.05) is 0 Å². The van der Waals surface area contributed by atoms with Crippen LogP contribution >= 0.6 is 0 Å². The zero-order valence-electron chi connectivity index (χ0n) is 12.0. The number of carbonyl (C=O) groups excluding carboxylic acids is 1. The minimum absolute atomic E-state index is 0.184. The van der Waals surface area contributed by atoms with Crippen molar-refractivity contribution in [1.82, 2.24) is 5.32 Å². The third-order valence-corrected chi connectivity index (χ3v) is 4.05. The molecular weight excluding hydrogens is 268 g/mol. The number of aliphatic carboxylic acids is 1. The van der Waals surface area contributed by atoms with Crippen molar-refractivity contribution in [2.45, 2.75) is 50.1 Å². The summed E-state index contributed by atoms with van der Waals surface area (Å²) in [5.74, 6) is -1.36. The van der Waals surface area contributed by atoms with E-state index in [9.17, 15) is 14.7 Å². The highest BCUT2D eigenvalue weighted by Gasteiger charge is 2.31. The molecule has 0 saturated heterocycles. The van der Waals surface area contributed by atoms with Gasteiger partial charge in [-0.3, -0.25) is 4.79 Å². The summed E-state index contributed by atoms with van der Waals surface area (Å²) in [6, 6.07) is 7.67. The summed E-state index contributed by atoms with van der Waals surface area (Å²) in [6.45, 7) is 0. The predicted molar refractivity (Wildman–Crippen MR) is 79.6 cm³/mol. The molecule has 5 heteroatoms. The van der Waals surface area contributed by atoms with E-state index in [4.69, 9.17) is 5.73 Å². The Morgan fingerprint density at radius 2 is 1.81 bits per heavy atom. The number of amides is 1. The Labute approximate surface area is 124 Å². The van der Waals surface area contributed by atoms with Gasteiger partial charge in [-0.2, -0.15) is 0 Å². The molecule has 1 aromatic rings. The largest absolute Gasteiger partial charge is 0.479 e. The lowest BCUT2D eigenvalue weighted by Crippen LogP contribution is -2.47. The highest BCUT2D eigenvalue weighted by atomic mass is 16.4. The SMILES string of the molecule is NC1(CC(=O)N[C@@H](C(=O)O)c2ccccc2)CCCCC1. The summed E-state index contributed by atoms with van der Waals surface area (Å²) in [5, 5.41) is 11.9. The number of rotatable bonds is 5. The molecule has 1 aromatic carbocycles. The quantitative estimate of drug-likeness (QED) is 0.773. The van der Waals surface area contributed by atoms with E-state index in [0.29, 0.717) is 5.56 Å². The van der Waals surface area contributed by atoms with Crippen LogP contribution in [-0.2, 0) is 9.59 Å². The molecule has 0 spiro atoms. The van der Waals surface area contributed by atoms with Crippen molar-refractivity contribution in [3.05, 3.63) is 35.9 Å². The zero-order chi connectivity index (χ0) is 15.3. The van der Waals surface area contributed by atoms with Gasteiger partial charge in [0.05, 0.1) is 0 Å². The van der Waals surface area contributed by atoms with E-state index in [1.807, 2.05) is 0 Å². The molecule has 0 bridgehead atoms. The van der Waals surface area contributed by atoms with E-state index in [2.05, 4.69) is 5.32 Å². The maximum Gasteiger partial charge on any atom is 0.330 e. The van der Waals surface area contributed by atoms with Gasteiger partial charge in [-0.05, 0) is 18.4 Å². The Balaban J connectivity index is 2.00. The van der Waals surface area contributed by atoms with Gasteiger partial charge >= 0.3 is 5.97 Å². The summed E-state index contributed by atoms with van der Waals surface area (Å²) >= 11 is 0. The molecule has 0 radical (unpaired) electrons. The molecule has 2 rings (SSSR count). The molecule has 1 aliphatic rings. The first kappa shape index (κ1) is 15.5. The van der Waals surface area contributed by atoms with Gasteiger partial charge < -0.3 is 16.2 Å². The molecule has 0 unspecified atom stereocenters. The maximum atomic E-state index is 12.2. The smallest absolute Gasteiger partial charge is 0.330 e. The molecule has 1 fully saturated rings. The summed E-state index contributed by atoms with van der Waals surface area (Å²) < 4.78 is 0. The van der Waals surface area contributed by atoms with Crippen LogP contribution in [-0.4, -0.2) is 22.5 Å². The fourth-order valence-corrected chi connectivity index (χ4v) is 2.90. The summed E-state index contributed by atoms with van der Waals surface area (Å²) in [5.41, 5.74) is 6.32. The Kier molecular flexibility index (Phi) is 4.96. The van der Waals surface area contributed by atoms with Gasteiger partial charge in [-0.15, -0.1) is 0 Å². The van der Waals surface area contributed by atoms with Crippen molar-refractivity contribution >= 4 is 11.9 Å². The number of carbonyl (C=O) groups is 2. The van der Waals surface area contributed by atoms with Crippen LogP contribution in [0, 0.1) is 0 Å². The molecule has 4 N–H and O–H groups in total. The van der Waals surface area contributed by atoms with E-state index in [1.165, 1.54) is 0 Å². The lowest BCUT2D eigenvalue weighted by atomic mass is 9.80. The lowest BCUT2D eigenvalue weighted by molar-refractivity contribution is -0.142. The average molecular weight is 290 g/mol. The van der Waals surface area contributed by atoms with Gasteiger partial charge in [0.25, 0.3) is 0 Å². The minimum Gasteiger partial charge on any atom is -0.479 e. The number of nitrogens with one attached hydrogen (secondary N) is 1. The lowest BCUT2D eigenvalue weighted by Gasteiger charge is -2.33. The Morgan fingerprint density at radius 1 is 1.19 bits per heavy atom. The standard InChI is InChI=1S/C16H22N2O3/c17-16(9-5-2-6-10-16)11-13(19)18-14(15(20)21)12-7-3-1-4-8-12/h1,3-4,7-8,14H,2,5-6,9-11,17H2,(H,18,19)(H,20,21)/t14-/m1/s1. The Morgan fingerprint density at radius 3 is 2.38 bits per heavy atom. The predicted octanol–water partition coefficient (Wildman–Crippen LogP) is 1.98. The van der Waals surface area contributed by atoms with Crippen LogP contribution in [0.4, 0.5) is 0 Å². The number of nitrogens with two attached hydrogens (primary N) is 1. The summed E-state index contributed by atoms with van der Waals surface area (Å²) in [7, 11) is 0. The molecule has 1 atom stereocenters. The summed E-state index contributed by atoms with van der Waals surface area (Å²) in [6.07, 6.45) is 5.05. The highest BCUT2D eigenvalue weighted by molar-refractivity contribution is 5.85. The normalized spacial score (nSPS) is 18.7. The van der Waals surface area contributed by atoms with Crippen LogP contribution in [0.25, 0.3) is 0 Å². The second-order valence-corrected chi connectivity index (χ2v) is 5.85. The molecule has 21 heavy (non-hydrogen) atoms. The van der Waals surface area contributed by atoms with E-state index >= 15 is 0 Å². The van der Waals surface area contributed by atoms with Gasteiger partial charge in [-0.25, -0.2) is 4.79 Å². The molecule has 0 aliphatic heterocycles. The highest BCUT2D eigenvalue weighted by Crippen LogP contribution is 2.28. The van der Waals surface area contributed by atoms with E-state index in [1.54, 1.807) is 30.3 Å². The van der Waals surface area contributed by atoms with E-state index in [0.717, 1.165) is 32.1 Å². The van der Waals surface area contributed by atoms with Gasteiger partial charge in [0.2, 0.25) is 5.91 Å². The van der Waals surface area contributed by atoms with Gasteiger partial charge in [0.15, 0.2) is 6.04 Å². The Bertz CT molecular complexity index is 496. The topological polar surface area (TPSA) is 92.4 Å². The second-order valence-electron chi connectivity index (χ2n) is 5.85. The van der Waals surface area contributed by atoms with Gasteiger partial charge in [0.1, 0.15) is 0 Å². The number of benzene rings is 1. The van der Waals surface area contributed by atoms with E-state index in [-0.39, 0.29) is 12.3 Å². The van der Waals surface area contributed by atoms with E-state index < -0.39 is 17.6 Å². The number of carboxylic acids is 1. The van der Waals surface area contributed by atoms with Crippen LogP contribution in [0.15, 0.2) is 30.3 Å². The monoisotopic (exact) mass is 290 g/mol. The van der Waals surface area contributed by atoms with Crippen molar-refractivity contribution in [1.29, 1.82) is 0 Å². The van der Waals surface area contributed by atoms with Crippen molar-refractivity contribution in [3.63, 3.8) is 0 Å². The molecule has 1 saturated carbocycles. The maximum absolute atomic E-state index is 12.2. The van der Waals surface area contributed by atoms with Crippen LogP contribution in [0.3, 0.4) is 0 Å². The Hall–Kier alpha value is -1.88. The molecule has 114 valence electrons. The van der Waals surface area contributed by atoms with Gasteiger partial charge in [-0.1, -0.05) is 49.6 Å². The van der Waals surface area contributed by atoms with Crippen LogP contribution in [0.1, 0.15) is 50.1 Å². The molecular formula is C16H22N2O3. The van der Waals surface area contributed by atoms with Crippen LogP contribution in [0.5, 0.6) is 0 Å². The average Bonchev–Trinajstić information content (AvgIpc) is 2.45. The minimum atomic E-state index is -1.07. The third kappa shape index (κ3) is 4.29. The van der Waals surface area contributed by atoms with Crippen LogP contribution in [0.2, 0.25) is 0 Å². The number of carboxylic acid groups (broad SMARTS) is 1. The van der Waals surface area contributed by atoms with Gasteiger partial charge in [0, 0.05) is 12.0 Å². The number of hydrogen-bond acceptors (Lipinski definition) is 3. The zero-order valence-corrected chi connectivity index (χ0v) is 12.0. The number of hydrogen-bond donors (Lipinski definition) is 3. The third-order valence-electron chi connectivity index (χ3n) is 4.05. The fourth-order valence-electron chi connectivity index (χ4n) is 2.90. The second kappa shape index (κ2) is 6.72. The van der Waals surface area contributed by atoms with Crippen molar-refractivity contribution < 1.29 is 14.7 Å². The van der Waals surface area contributed by atoms with Crippen molar-refractivity contribution in [2.24, 2.45) is 5.73 Å². The first-order chi connectivity index (χ1) is 10.0. The fraction of sp³-hybridized carbons (Fsp3) is 0.500. The first-order valence-electron chi connectivity index (χ1n) is 7.36. The molecule has 1 aliphatic carbocycles.